The molecule has 1 saturated carbocycles. The molecule has 1 aromatic rings. The van der Waals surface area contributed by atoms with Gasteiger partial charge in [-0.3, -0.25) is 9.78 Å². The molecule has 1 aromatic heterocycles. The van der Waals surface area contributed by atoms with Gasteiger partial charge in [0.1, 0.15) is 5.69 Å². The third-order valence-electron chi connectivity index (χ3n) is 3.05. The van der Waals surface area contributed by atoms with Gasteiger partial charge >= 0.3 is 0 Å². The van der Waals surface area contributed by atoms with Crippen molar-refractivity contribution in [2.24, 2.45) is 11.8 Å². The molecule has 6 nitrogen and oxygen atoms in total. The Labute approximate surface area is 100.0 Å². The lowest BCUT2D eigenvalue weighted by molar-refractivity contribution is 0.0898. The number of nitrogens with two attached hydrogens (primary N) is 1. The second-order valence-electron chi connectivity index (χ2n) is 4.88. The van der Waals surface area contributed by atoms with Crippen LogP contribution in [0.25, 0.3) is 0 Å². The van der Waals surface area contributed by atoms with E-state index in [-0.39, 0.29) is 17.1 Å². The number of hydrogen-bond donors (Lipinski definition) is 3. The number of amides is 1. The molecule has 0 atom stereocenters. The van der Waals surface area contributed by atoms with Gasteiger partial charge in [0.25, 0.3) is 5.91 Å². The van der Waals surface area contributed by atoms with Crippen LogP contribution in [0.15, 0.2) is 12.4 Å². The van der Waals surface area contributed by atoms with E-state index in [0.29, 0.717) is 11.7 Å². The van der Waals surface area contributed by atoms with Crippen molar-refractivity contribution in [2.75, 3.05) is 5.43 Å². The van der Waals surface area contributed by atoms with Crippen LogP contribution in [0.1, 0.15) is 37.2 Å². The lowest BCUT2D eigenvalue weighted by atomic mass is 9.98. The summed E-state index contributed by atoms with van der Waals surface area (Å²) >= 11 is 0. The number of anilines is 1. The third kappa shape index (κ3) is 2.71. The molecule has 0 unspecified atom stereocenters. The Kier molecular flexibility index (Phi) is 2.97. The lowest BCUT2D eigenvalue weighted by Gasteiger charge is -2.25. The van der Waals surface area contributed by atoms with Gasteiger partial charge in [0.05, 0.1) is 12.4 Å². The van der Waals surface area contributed by atoms with E-state index < -0.39 is 0 Å². The van der Waals surface area contributed by atoms with E-state index in [1.807, 2.05) is 13.8 Å². The van der Waals surface area contributed by atoms with Crippen molar-refractivity contribution in [1.82, 2.24) is 15.3 Å². The molecule has 6 heteroatoms. The van der Waals surface area contributed by atoms with Gasteiger partial charge < -0.3 is 10.7 Å². The van der Waals surface area contributed by atoms with Crippen LogP contribution in [-0.4, -0.2) is 21.4 Å². The van der Waals surface area contributed by atoms with E-state index in [1.54, 1.807) is 0 Å². The zero-order valence-electron chi connectivity index (χ0n) is 10.0. The Hall–Kier alpha value is -1.69. The first-order valence-corrected chi connectivity index (χ1v) is 5.64. The van der Waals surface area contributed by atoms with Crippen molar-refractivity contribution in [3.63, 3.8) is 0 Å². The predicted molar refractivity (Wildman–Crippen MR) is 64.1 cm³/mol. The number of carbonyl (C=O) groups is 1. The normalized spacial score (nSPS) is 15.5. The van der Waals surface area contributed by atoms with Crippen LogP contribution in [0.2, 0.25) is 0 Å². The van der Waals surface area contributed by atoms with E-state index in [4.69, 9.17) is 5.84 Å². The first kappa shape index (κ1) is 11.8. The van der Waals surface area contributed by atoms with E-state index in [1.165, 1.54) is 25.2 Å². The molecule has 1 aliphatic carbocycles. The smallest absolute Gasteiger partial charge is 0.271 e. The van der Waals surface area contributed by atoms with Crippen molar-refractivity contribution in [3.05, 3.63) is 18.1 Å². The number of nitrogens with zero attached hydrogens (tertiary/aromatic N) is 2. The summed E-state index contributed by atoms with van der Waals surface area (Å²) in [6.07, 6.45) is 5.23. The molecule has 17 heavy (non-hydrogen) atoms. The maximum absolute atomic E-state index is 12.0. The van der Waals surface area contributed by atoms with E-state index in [2.05, 4.69) is 20.7 Å². The molecule has 0 bridgehead atoms. The molecule has 2 rings (SSSR count). The number of rotatable bonds is 4. The molecular formula is C11H17N5O. The highest BCUT2D eigenvalue weighted by Gasteiger charge is 2.39. The number of aromatic nitrogens is 2. The Balaban J connectivity index is 2.08. The SMILES string of the molecule is CC(C)(NC(=O)c1cncc(NN)n1)C1CC1. The molecule has 0 spiro atoms. The summed E-state index contributed by atoms with van der Waals surface area (Å²) in [5.74, 6) is 5.95. The van der Waals surface area contributed by atoms with Crippen molar-refractivity contribution >= 4 is 11.7 Å². The quantitative estimate of drug-likeness (QED) is 0.527. The van der Waals surface area contributed by atoms with Crippen LogP contribution < -0.4 is 16.6 Å². The first-order chi connectivity index (χ1) is 8.03. The molecule has 92 valence electrons. The largest absolute Gasteiger partial charge is 0.345 e. The predicted octanol–water partition coefficient (Wildman–Crippen LogP) is 0.681. The van der Waals surface area contributed by atoms with Crippen LogP contribution in [0.3, 0.4) is 0 Å². The standard InChI is InChI=1S/C11H17N5O/c1-11(2,7-3-4-7)15-10(17)8-5-13-6-9(14-8)16-12/h5-7H,3-4,12H2,1-2H3,(H,14,16)(H,15,17). The van der Waals surface area contributed by atoms with Gasteiger partial charge in [-0.15, -0.1) is 0 Å². The summed E-state index contributed by atoms with van der Waals surface area (Å²) in [4.78, 5) is 19.9. The average Bonchev–Trinajstić information content (AvgIpc) is 3.12. The summed E-state index contributed by atoms with van der Waals surface area (Å²) in [7, 11) is 0. The van der Waals surface area contributed by atoms with Crippen LogP contribution >= 0.6 is 0 Å². The average molecular weight is 235 g/mol. The Morgan fingerprint density at radius 3 is 2.76 bits per heavy atom. The maximum atomic E-state index is 12.0. The second-order valence-corrected chi connectivity index (χ2v) is 4.88. The molecule has 1 amide bonds. The minimum Gasteiger partial charge on any atom is -0.345 e. The van der Waals surface area contributed by atoms with Crippen molar-refractivity contribution in [3.8, 4) is 0 Å². The summed E-state index contributed by atoms with van der Waals surface area (Å²) in [5.41, 5.74) is 2.45. The van der Waals surface area contributed by atoms with Gasteiger partial charge in [-0.2, -0.15) is 0 Å². The number of hydrogen-bond acceptors (Lipinski definition) is 5. The molecule has 1 aliphatic rings. The molecular weight excluding hydrogens is 218 g/mol. The fraction of sp³-hybridized carbons (Fsp3) is 0.545. The van der Waals surface area contributed by atoms with Crippen molar-refractivity contribution in [1.29, 1.82) is 0 Å². The van der Waals surface area contributed by atoms with Crippen LogP contribution in [0.5, 0.6) is 0 Å². The van der Waals surface area contributed by atoms with Crippen LogP contribution in [0, 0.1) is 5.92 Å². The highest BCUT2D eigenvalue weighted by atomic mass is 16.2. The van der Waals surface area contributed by atoms with Gasteiger partial charge in [-0.05, 0) is 32.6 Å². The lowest BCUT2D eigenvalue weighted by Crippen LogP contribution is -2.45. The first-order valence-electron chi connectivity index (χ1n) is 5.64. The van der Waals surface area contributed by atoms with Gasteiger partial charge in [0.2, 0.25) is 0 Å². The Morgan fingerprint density at radius 2 is 2.18 bits per heavy atom. The zero-order valence-corrected chi connectivity index (χ0v) is 10.0. The molecule has 4 N–H and O–H groups in total. The topological polar surface area (TPSA) is 92.9 Å². The van der Waals surface area contributed by atoms with Gasteiger partial charge in [0.15, 0.2) is 5.82 Å². The minimum absolute atomic E-state index is 0.190. The van der Waals surface area contributed by atoms with Crippen molar-refractivity contribution < 1.29 is 4.79 Å². The monoisotopic (exact) mass is 235 g/mol. The fourth-order valence-electron chi connectivity index (χ4n) is 1.81. The Morgan fingerprint density at radius 1 is 1.47 bits per heavy atom. The summed E-state index contributed by atoms with van der Waals surface area (Å²) in [6, 6.07) is 0. The molecule has 1 fully saturated rings. The fourth-order valence-corrected chi connectivity index (χ4v) is 1.81. The molecule has 0 saturated heterocycles. The zero-order chi connectivity index (χ0) is 12.5. The van der Waals surface area contributed by atoms with Crippen LogP contribution in [-0.2, 0) is 0 Å². The summed E-state index contributed by atoms with van der Waals surface area (Å²) in [5, 5.41) is 2.98. The number of nitrogens with one attached hydrogen (secondary N) is 2. The van der Waals surface area contributed by atoms with Crippen molar-refractivity contribution in [2.45, 2.75) is 32.2 Å². The molecule has 0 radical (unpaired) electrons. The number of nitrogen functional groups attached to an aromatic ring is 1. The van der Waals surface area contributed by atoms with E-state index in [0.717, 1.165) is 0 Å². The Bertz CT molecular complexity index is 428. The van der Waals surface area contributed by atoms with E-state index >= 15 is 0 Å². The highest BCUT2D eigenvalue weighted by molar-refractivity contribution is 5.92. The number of hydrazine groups is 1. The summed E-state index contributed by atoms with van der Waals surface area (Å²) < 4.78 is 0. The number of carbonyl (C=O) groups excluding carboxylic acids is 1. The van der Waals surface area contributed by atoms with Crippen LogP contribution in [0.4, 0.5) is 5.82 Å². The summed E-state index contributed by atoms with van der Waals surface area (Å²) in [6.45, 7) is 4.06. The minimum atomic E-state index is -0.216. The molecule has 1 heterocycles. The van der Waals surface area contributed by atoms with Gasteiger partial charge in [0, 0.05) is 5.54 Å². The maximum Gasteiger partial charge on any atom is 0.271 e. The molecule has 0 aromatic carbocycles. The third-order valence-corrected chi connectivity index (χ3v) is 3.05. The van der Waals surface area contributed by atoms with E-state index in [9.17, 15) is 4.79 Å². The second kappa shape index (κ2) is 4.29. The molecule has 0 aliphatic heterocycles. The highest BCUT2D eigenvalue weighted by Crippen LogP contribution is 2.39. The van der Waals surface area contributed by atoms with Gasteiger partial charge in [-0.25, -0.2) is 10.8 Å². The van der Waals surface area contributed by atoms with Gasteiger partial charge in [-0.1, -0.05) is 0 Å².